The molecule has 2 aliphatic heterocycles. The van der Waals surface area contributed by atoms with Crippen molar-refractivity contribution in [2.24, 2.45) is 11.8 Å². The number of carbonyl (C=O) groups is 1. The van der Waals surface area contributed by atoms with E-state index in [1.54, 1.807) is 0 Å². The molecule has 0 unspecified atom stereocenters. The van der Waals surface area contributed by atoms with Gasteiger partial charge in [-0.1, -0.05) is 52.8 Å². The number of rotatable bonds is 5. The second-order valence-corrected chi connectivity index (χ2v) is 11.6. The molecular weight excluding hydrogens is 428 g/mol. The van der Waals surface area contributed by atoms with Crippen LogP contribution in [0.2, 0.25) is 0 Å². The van der Waals surface area contributed by atoms with Gasteiger partial charge in [-0.05, 0) is 67.0 Å². The number of hydrogen-bond donors (Lipinski definition) is 1. The number of fused-ring (bicyclic) bond motifs is 3. The van der Waals surface area contributed by atoms with E-state index in [0.29, 0.717) is 12.3 Å². The molecule has 1 saturated heterocycles. The summed E-state index contributed by atoms with van der Waals surface area (Å²) in [4.78, 5) is 12.2. The lowest BCUT2D eigenvalue weighted by Gasteiger charge is -2.50. The van der Waals surface area contributed by atoms with Crippen molar-refractivity contribution >= 4 is 5.97 Å². The minimum absolute atomic E-state index is 0.0620. The molecule has 2 aliphatic rings. The van der Waals surface area contributed by atoms with E-state index in [1.807, 2.05) is 32.0 Å². The second-order valence-electron chi connectivity index (χ2n) is 11.6. The molecule has 1 N–H and O–H groups in total. The molecule has 0 aliphatic carbocycles. The molecule has 2 heterocycles. The molecule has 4 rings (SSSR count). The minimum Gasteiger partial charge on any atom is -0.491 e. The lowest BCUT2D eigenvalue weighted by atomic mass is 9.71. The average molecular weight is 467 g/mol. The summed E-state index contributed by atoms with van der Waals surface area (Å²) in [6, 6.07) is 14.3. The fourth-order valence-electron chi connectivity index (χ4n) is 5.11. The molecule has 0 bridgehead atoms. The van der Waals surface area contributed by atoms with Crippen molar-refractivity contribution in [2.75, 3.05) is 6.61 Å². The molecule has 0 radical (unpaired) electrons. The number of carboxylic acids is 1. The third-order valence-electron chi connectivity index (χ3n) is 7.37. The van der Waals surface area contributed by atoms with E-state index in [-0.39, 0.29) is 24.0 Å². The van der Waals surface area contributed by atoms with Gasteiger partial charge in [-0.3, -0.25) is 4.79 Å². The van der Waals surface area contributed by atoms with E-state index in [0.717, 1.165) is 17.1 Å². The molecule has 4 atom stereocenters. The highest BCUT2D eigenvalue weighted by molar-refractivity contribution is 5.71. The van der Waals surface area contributed by atoms with Crippen molar-refractivity contribution in [3.8, 4) is 11.5 Å². The molecule has 0 aromatic heterocycles. The summed E-state index contributed by atoms with van der Waals surface area (Å²) in [5.74, 6) is 0.343. The quantitative estimate of drug-likeness (QED) is 0.544. The first-order valence-corrected chi connectivity index (χ1v) is 12.3. The molecule has 0 saturated carbocycles. The Labute approximate surface area is 203 Å². The molecule has 5 nitrogen and oxygen atoms in total. The summed E-state index contributed by atoms with van der Waals surface area (Å²) in [6.45, 7) is 15.1. The van der Waals surface area contributed by atoms with E-state index in [2.05, 4.69) is 58.9 Å². The first-order valence-electron chi connectivity index (χ1n) is 12.3. The van der Waals surface area contributed by atoms with Crippen LogP contribution in [0.5, 0.6) is 11.5 Å². The largest absolute Gasteiger partial charge is 0.491 e. The summed E-state index contributed by atoms with van der Waals surface area (Å²) in [7, 11) is 0. The van der Waals surface area contributed by atoms with Crippen LogP contribution in [0, 0.1) is 11.8 Å². The van der Waals surface area contributed by atoms with Crippen molar-refractivity contribution in [1.82, 2.24) is 0 Å². The van der Waals surface area contributed by atoms with Gasteiger partial charge in [0.25, 0.3) is 0 Å². The smallest absolute Gasteiger partial charge is 0.309 e. The zero-order valence-electron chi connectivity index (χ0n) is 21.4. The van der Waals surface area contributed by atoms with Crippen LogP contribution in [0.15, 0.2) is 42.5 Å². The Balaban J connectivity index is 1.59. The average Bonchev–Trinajstić information content (AvgIpc) is 2.76. The number of ether oxygens (including phenoxy) is 3. The van der Waals surface area contributed by atoms with Gasteiger partial charge in [0.15, 0.2) is 0 Å². The van der Waals surface area contributed by atoms with Crippen molar-refractivity contribution in [3.63, 3.8) is 0 Å². The summed E-state index contributed by atoms with van der Waals surface area (Å²) < 4.78 is 19.0. The van der Waals surface area contributed by atoms with Crippen molar-refractivity contribution in [2.45, 2.75) is 84.0 Å². The normalized spacial score (nSPS) is 25.8. The lowest BCUT2D eigenvalue weighted by Crippen LogP contribution is -2.53. The highest BCUT2D eigenvalue weighted by Gasteiger charge is 2.52. The molecule has 34 heavy (non-hydrogen) atoms. The van der Waals surface area contributed by atoms with E-state index in [1.165, 1.54) is 11.1 Å². The van der Waals surface area contributed by atoms with Gasteiger partial charge < -0.3 is 19.3 Å². The van der Waals surface area contributed by atoms with Gasteiger partial charge in [0.1, 0.15) is 29.8 Å². The molecule has 1 fully saturated rings. The van der Waals surface area contributed by atoms with E-state index in [4.69, 9.17) is 14.2 Å². The van der Waals surface area contributed by atoms with Crippen molar-refractivity contribution in [3.05, 3.63) is 59.2 Å². The third-order valence-corrected chi connectivity index (χ3v) is 7.37. The van der Waals surface area contributed by atoms with Gasteiger partial charge in [-0.2, -0.15) is 0 Å². The van der Waals surface area contributed by atoms with Crippen molar-refractivity contribution in [1.29, 1.82) is 0 Å². The Morgan fingerprint density at radius 1 is 1.15 bits per heavy atom. The Morgan fingerprint density at radius 3 is 2.41 bits per heavy atom. The summed E-state index contributed by atoms with van der Waals surface area (Å²) in [5, 5.41) is 10.0. The van der Waals surface area contributed by atoms with Crippen LogP contribution in [0.4, 0.5) is 0 Å². The number of aliphatic carboxylic acids is 1. The van der Waals surface area contributed by atoms with E-state index in [9.17, 15) is 9.90 Å². The van der Waals surface area contributed by atoms with Crippen LogP contribution >= 0.6 is 0 Å². The Bertz CT molecular complexity index is 1030. The highest BCUT2D eigenvalue weighted by atomic mass is 16.6. The van der Waals surface area contributed by atoms with Gasteiger partial charge in [-0.15, -0.1) is 0 Å². The molecule has 2 aromatic rings. The summed E-state index contributed by atoms with van der Waals surface area (Å²) in [6.07, 6.45) is -0.301. The van der Waals surface area contributed by atoms with E-state index >= 15 is 0 Å². The first kappa shape index (κ1) is 24.6. The van der Waals surface area contributed by atoms with Crippen LogP contribution in [-0.4, -0.2) is 29.4 Å². The van der Waals surface area contributed by atoms with Crippen LogP contribution in [0.25, 0.3) is 0 Å². The molecular formula is C29H38O5. The summed E-state index contributed by atoms with van der Waals surface area (Å²) in [5.41, 5.74) is 2.99. The van der Waals surface area contributed by atoms with Crippen LogP contribution in [0.1, 0.15) is 83.6 Å². The Morgan fingerprint density at radius 2 is 1.82 bits per heavy atom. The zero-order chi connectivity index (χ0) is 24.8. The lowest BCUT2D eigenvalue weighted by molar-refractivity contribution is -0.192. The van der Waals surface area contributed by atoms with E-state index < -0.39 is 23.6 Å². The fraction of sp³-hybridized carbons (Fsp3) is 0.552. The molecule has 0 spiro atoms. The van der Waals surface area contributed by atoms with Gasteiger partial charge in [-0.25, -0.2) is 0 Å². The Kier molecular flexibility index (Phi) is 6.45. The zero-order valence-corrected chi connectivity index (χ0v) is 21.4. The maximum Gasteiger partial charge on any atom is 0.309 e. The molecule has 5 heteroatoms. The standard InChI is InChI=1S/C29H38O5/c1-17(2)18-8-13-24-21(14-18)26-23(29(6,7)34-24)15-22(27(30)31)25(33-26)16-32-20-11-9-19(10-12-20)28(3,4)5/h8-14,17,22-23,25-26H,15-16H2,1-7H3,(H,30,31)/t22-,23+,25+,26-/m1/s1. The molecule has 0 amide bonds. The van der Waals surface area contributed by atoms with Crippen LogP contribution < -0.4 is 9.47 Å². The van der Waals surface area contributed by atoms with Gasteiger partial charge in [0, 0.05) is 11.5 Å². The maximum atomic E-state index is 12.2. The highest BCUT2D eigenvalue weighted by Crippen LogP contribution is 2.52. The van der Waals surface area contributed by atoms with Gasteiger partial charge >= 0.3 is 5.97 Å². The number of benzene rings is 2. The summed E-state index contributed by atoms with van der Waals surface area (Å²) >= 11 is 0. The number of carboxylic acid groups (broad SMARTS) is 1. The maximum absolute atomic E-state index is 12.2. The topological polar surface area (TPSA) is 65.0 Å². The minimum atomic E-state index is -0.854. The van der Waals surface area contributed by atoms with Gasteiger partial charge in [0.05, 0.1) is 12.0 Å². The van der Waals surface area contributed by atoms with Crippen LogP contribution in [0.3, 0.4) is 0 Å². The SMILES string of the molecule is CC(C)c1ccc2c(c1)[C@H]1O[C@@H](COc3ccc(C(C)(C)C)cc3)[C@H](C(=O)O)C[C@@H]1C(C)(C)O2. The predicted molar refractivity (Wildman–Crippen MR) is 133 cm³/mol. The van der Waals surface area contributed by atoms with Crippen LogP contribution in [-0.2, 0) is 14.9 Å². The molecule has 184 valence electrons. The first-order chi connectivity index (χ1) is 15.9. The third kappa shape index (κ3) is 4.81. The predicted octanol–water partition coefficient (Wildman–Crippen LogP) is 6.50. The monoisotopic (exact) mass is 466 g/mol. The van der Waals surface area contributed by atoms with Gasteiger partial charge in [0.2, 0.25) is 0 Å². The van der Waals surface area contributed by atoms with Crippen molar-refractivity contribution < 1.29 is 24.1 Å². The Hall–Kier alpha value is -2.53. The second kappa shape index (κ2) is 8.92. The molecule has 2 aromatic carbocycles. The fourth-order valence-corrected chi connectivity index (χ4v) is 5.11. The number of hydrogen-bond acceptors (Lipinski definition) is 4.